The standard InChI is InChI=1S/C10H10BrNO4/c1-2-3-6(5-13)12-9-7(11)4-8(16-9)10(14)15/h1,4,6,12-13H,3,5H2,(H,14,15). The predicted octanol–water partition coefficient (Wildman–Crippen LogP) is 1.54. The number of rotatable bonds is 5. The van der Waals surface area contributed by atoms with E-state index in [2.05, 4.69) is 27.2 Å². The zero-order valence-electron chi connectivity index (χ0n) is 8.24. The Kier molecular flexibility index (Phi) is 4.40. The van der Waals surface area contributed by atoms with Gasteiger partial charge in [0.15, 0.2) is 0 Å². The number of aliphatic hydroxyl groups excluding tert-OH is 1. The molecule has 1 atom stereocenters. The minimum absolute atomic E-state index is 0.167. The highest BCUT2D eigenvalue weighted by molar-refractivity contribution is 9.10. The van der Waals surface area contributed by atoms with Crippen LogP contribution in [0.1, 0.15) is 17.0 Å². The maximum absolute atomic E-state index is 10.6. The molecule has 0 bridgehead atoms. The van der Waals surface area contributed by atoms with E-state index < -0.39 is 5.97 Å². The summed E-state index contributed by atoms with van der Waals surface area (Å²) < 4.78 is 5.49. The summed E-state index contributed by atoms with van der Waals surface area (Å²) in [4.78, 5) is 10.6. The van der Waals surface area contributed by atoms with Gasteiger partial charge in [0.1, 0.15) is 0 Å². The van der Waals surface area contributed by atoms with E-state index in [9.17, 15) is 4.79 Å². The molecule has 0 saturated heterocycles. The number of anilines is 1. The molecule has 0 radical (unpaired) electrons. The number of terminal acetylenes is 1. The minimum atomic E-state index is -1.16. The summed E-state index contributed by atoms with van der Waals surface area (Å²) in [7, 11) is 0. The fourth-order valence-corrected chi connectivity index (χ4v) is 1.46. The Morgan fingerprint density at radius 2 is 2.44 bits per heavy atom. The highest BCUT2D eigenvalue weighted by Crippen LogP contribution is 2.27. The van der Waals surface area contributed by atoms with E-state index >= 15 is 0 Å². The monoisotopic (exact) mass is 287 g/mol. The van der Waals surface area contributed by atoms with Gasteiger partial charge in [0.25, 0.3) is 0 Å². The van der Waals surface area contributed by atoms with Gasteiger partial charge in [-0.3, -0.25) is 0 Å². The van der Waals surface area contributed by atoms with Gasteiger partial charge in [-0.1, -0.05) is 0 Å². The third-order valence-corrected chi connectivity index (χ3v) is 2.41. The first-order valence-electron chi connectivity index (χ1n) is 4.42. The molecule has 1 rings (SSSR count). The fraction of sp³-hybridized carbons (Fsp3) is 0.300. The van der Waals surface area contributed by atoms with Crippen LogP contribution in [0.15, 0.2) is 15.0 Å². The van der Waals surface area contributed by atoms with Crippen LogP contribution in [-0.2, 0) is 0 Å². The van der Waals surface area contributed by atoms with Gasteiger partial charge in [-0.05, 0) is 15.9 Å². The molecule has 0 spiro atoms. The van der Waals surface area contributed by atoms with Crippen molar-refractivity contribution in [3.63, 3.8) is 0 Å². The van der Waals surface area contributed by atoms with Gasteiger partial charge in [0.2, 0.25) is 11.6 Å². The summed E-state index contributed by atoms with van der Waals surface area (Å²) in [5.41, 5.74) is 0. The maximum Gasteiger partial charge on any atom is 0.371 e. The van der Waals surface area contributed by atoms with Crippen LogP contribution in [0.2, 0.25) is 0 Å². The highest BCUT2D eigenvalue weighted by Gasteiger charge is 2.16. The lowest BCUT2D eigenvalue weighted by Crippen LogP contribution is -2.22. The number of halogens is 1. The van der Waals surface area contributed by atoms with Crippen LogP contribution in [0, 0.1) is 12.3 Å². The van der Waals surface area contributed by atoms with E-state index in [1.165, 1.54) is 6.07 Å². The van der Waals surface area contributed by atoms with Gasteiger partial charge < -0.3 is 19.9 Å². The molecule has 0 aromatic carbocycles. The van der Waals surface area contributed by atoms with E-state index in [4.69, 9.17) is 21.1 Å². The first kappa shape index (κ1) is 12.6. The van der Waals surface area contributed by atoms with E-state index in [1.54, 1.807) is 0 Å². The third-order valence-electron chi connectivity index (χ3n) is 1.82. The Morgan fingerprint density at radius 3 is 2.88 bits per heavy atom. The van der Waals surface area contributed by atoms with E-state index in [0.29, 0.717) is 10.9 Å². The van der Waals surface area contributed by atoms with Crippen molar-refractivity contribution >= 4 is 27.8 Å². The van der Waals surface area contributed by atoms with Gasteiger partial charge >= 0.3 is 5.97 Å². The summed E-state index contributed by atoms with van der Waals surface area (Å²) in [5, 5.41) is 20.5. The quantitative estimate of drug-likeness (QED) is 0.716. The van der Waals surface area contributed by atoms with Gasteiger partial charge in [0.05, 0.1) is 17.1 Å². The molecule has 0 aliphatic carbocycles. The number of furan rings is 1. The van der Waals surface area contributed by atoms with Crippen molar-refractivity contribution in [2.24, 2.45) is 0 Å². The third kappa shape index (κ3) is 3.02. The fourth-order valence-electron chi connectivity index (χ4n) is 1.06. The van der Waals surface area contributed by atoms with Crippen molar-refractivity contribution in [1.82, 2.24) is 0 Å². The van der Waals surface area contributed by atoms with E-state index in [-0.39, 0.29) is 24.3 Å². The molecule has 0 aliphatic rings. The molecule has 6 heteroatoms. The number of nitrogens with one attached hydrogen (secondary N) is 1. The van der Waals surface area contributed by atoms with Crippen LogP contribution in [0.4, 0.5) is 5.88 Å². The number of hydrogen-bond donors (Lipinski definition) is 3. The second kappa shape index (κ2) is 5.58. The molecule has 1 heterocycles. The van der Waals surface area contributed by atoms with Crippen molar-refractivity contribution in [2.75, 3.05) is 11.9 Å². The summed E-state index contributed by atoms with van der Waals surface area (Å²) in [6.45, 7) is -0.167. The highest BCUT2D eigenvalue weighted by atomic mass is 79.9. The lowest BCUT2D eigenvalue weighted by atomic mass is 10.2. The van der Waals surface area contributed by atoms with Crippen LogP contribution < -0.4 is 5.32 Å². The Hall–Kier alpha value is -1.45. The predicted molar refractivity (Wildman–Crippen MR) is 61.3 cm³/mol. The zero-order chi connectivity index (χ0) is 12.1. The molecule has 1 aromatic rings. The molecule has 5 nitrogen and oxygen atoms in total. The second-order valence-corrected chi connectivity index (χ2v) is 3.88. The van der Waals surface area contributed by atoms with Crippen molar-refractivity contribution < 1.29 is 19.4 Å². The van der Waals surface area contributed by atoms with Crippen LogP contribution >= 0.6 is 15.9 Å². The van der Waals surface area contributed by atoms with Crippen LogP contribution in [0.25, 0.3) is 0 Å². The van der Waals surface area contributed by atoms with Crippen molar-refractivity contribution in [1.29, 1.82) is 0 Å². The summed E-state index contributed by atoms with van der Waals surface area (Å²) in [6, 6.07) is 0.962. The summed E-state index contributed by atoms with van der Waals surface area (Å²) in [5.74, 6) is 1.29. The van der Waals surface area contributed by atoms with Gasteiger partial charge in [-0.15, -0.1) is 12.3 Å². The summed E-state index contributed by atoms with van der Waals surface area (Å²) in [6.07, 6.45) is 5.42. The molecule has 1 aromatic heterocycles. The Morgan fingerprint density at radius 1 is 1.75 bits per heavy atom. The molecule has 16 heavy (non-hydrogen) atoms. The van der Waals surface area contributed by atoms with Crippen molar-refractivity contribution in [2.45, 2.75) is 12.5 Å². The maximum atomic E-state index is 10.6. The number of aliphatic hydroxyl groups is 1. The lowest BCUT2D eigenvalue weighted by molar-refractivity contribution is 0.0663. The van der Waals surface area contributed by atoms with Crippen molar-refractivity contribution in [3.8, 4) is 12.3 Å². The molecular weight excluding hydrogens is 278 g/mol. The van der Waals surface area contributed by atoms with Crippen LogP contribution in [-0.4, -0.2) is 28.8 Å². The topological polar surface area (TPSA) is 82.7 Å². The SMILES string of the molecule is C#CCC(CO)Nc1oc(C(=O)O)cc1Br. The lowest BCUT2D eigenvalue weighted by Gasteiger charge is -2.12. The Labute approximate surface area is 101 Å². The zero-order valence-corrected chi connectivity index (χ0v) is 9.82. The van der Waals surface area contributed by atoms with Gasteiger partial charge in [-0.25, -0.2) is 4.79 Å². The molecule has 86 valence electrons. The molecule has 3 N–H and O–H groups in total. The average molecular weight is 288 g/mol. The molecular formula is C10H10BrNO4. The van der Waals surface area contributed by atoms with Gasteiger partial charge in [0, 0.05) is 12.5 Å². The van der Waals surface area contributed by atoms with Crippen LogP contribution in [0.5, 0.6) is 0 Å². The molecule has 0 saturated carbocycles. The second-order valence-electron chi connectivity index (χ2n) is 3.02. The largest absolute Gasteiger partial charge is 0.475 e. The Balaban J connectivity index is 2.80. The number of carbonyl (C=O) groups is 1. The summed E-state index contributed by atoms with van der Waals surface area (Å²) >= 11 is 3.14. The van der Waals surface area contributed by atoms with Crippen molar-refractivity contribution in [3.05, 3.63) is 16.3 Å². The van der Waals surface area contributed by atoms with Gasteiger partial charge in [-0.2, -0.15) is 0 Å². The Bertz CT molecular complexity index is 421. The normalized spacial score (nSPS) is 11.8. The first-order chi connectivity index (χ1) is 7.58. The molecule has 1 unspecified atom stereocenters. The average Bonchev–Trinajstić information content (AvgIpc) is 2.60. The smallest absolute Gasteiger partial charge is 0.371 e. The van der Waals surface area contributed by atoms with Crippen LogP contribution in [0.3, 0.4) is 0 Å². The minimum Gasteiger partial charge on any atom is -0.475 e. The number of hydrogen-bond acceptors (Lipinski definition) is 4. The molecule has 0 amide bonds. The van der Waals surface area contributed by atoms with E-state index in [0.717, 1.165) is 0 Å². The number of carboxylic acid groups (broad SMARTS) is 1. The number of aromatic carboxylic acids is 1. The molecule has 0 aliphatic heterocycles. The first-order valence-corrected chi connectivity index (χ1v) is 5.21. The number of carboxylic acids is 1. The van der Waals surface area contributed by atoms with E-state index in [1.807, 2.05) is 0 Å². The molecule has 0 fully saturated rings.